The molecule has 3 amide bonds. The van der Waals surface area contributed by atoms with Gasteiger partial charge in [-0.3, -0.25) is 19.3 Å². The second-order valence-electron chi connectivity index (χ2n) is 5.82. The molecule has 2 aromatic rings. The molecule has 6 nitrogen and oxygen atoms in total. The van der Waals surface area contributed by atoms with Crippen LogP contribution in [0, 0.1) is 0 Å². The van der Waals surface area contributed by atoms with E-state index in [1.54, 1.807) is 18.2 Å². The zero-order valence-electron chi connectivity index (χ0n) is 13.5. The van der Waals surface area contributed by atoms with Crippen molar-refractivity contribution in [3.05, 3.63) is 59.0 Å². The van der Waals surface area contributed by atoms with Crippen LogP contribution in [0.15, 0.2) is 41.0 Å². The molecule has 3 rings (SSSR count). The molecule has 0 fully saturated rings. The maximum Gasteiger partial charge on any atom is 0.261 e. The van der Waals surface area contributed by atoms with Gasteiger partial charge in [0, 0.05) is 11.6 Å². The molecule has 0 aliphatic carbocycles. The molecule has 1 unspecified atom stereocenters. The van der Waals surface area contributed by atoms with Gasteiger partial charge < -0.3 is 9.73 Å². The number of nitrogens with zero attached hydrogens (tertiary/aromatic N) is 1. The number of carbonyl (C=O) groups excluding carboxylic acids is 3. The van der Waals surface area contributed by atoms with Gasteiger partial charge >= 0.3 is 0 Å². The molecular weight excluding hydrogens is 308 g/mol. The lowest BCUT2D eigenvalue weighted by atomic mass is 10.0. The van der Waals surface area contributed by atoms with E-state index in [1.807, 2.05) is 13.8 Å². The van der Waals surface area contributed by atoms with Crippen molar-refractivity contribution in [2.24, 2.45) is 0 Å². The highest BCUT2D eigenvalue weighted by Gasteiger charge is 2.36. The van der Waals surface area contributed by atoms with Crippen LogP contribution < -0.4 is 5.32 Å². The predicted molar refractivity (Wildman–Crippen MR) is 86.6 cm³/mol. The number of benzene rings is 1. The molecule has 1 atom stereocenters. The van der Waals surface area contributed by atoms with Crippen molar-refractivity contribution < 1.29 is 18.8 Å². The number of nitrogens with one attached hydrogen (secondary N) is 1. The van der Waals surface area contributed by atoms with E-state index in [0.717, 1.165) is 11.3 Å². The average molecular weight is 326 g/mol. The van der Waals surface area contributed by atoms with Crippen molar-refractivity contribution in [2.45, 2.75) is 32.9 Å². The van der Waals surface area contributed by atoms with E-state index >= 15 is 0 Å². The van der Waals surface area contributed by atoms with Gasteiger partial charge in [-0.15, -0.1) is 0 Å². The second-order valence-corrected chi connectivity index (χ2v) is 5.82. The number of rotatable bonds is 5. The van der Waals surface area contributed by atoms with Gasteiger partial charge in [0.15, 0.2) is 0 Å². The zero-order valence-corrected chi connectivity index (χ0v) is 13.5. The van der Waals surface area contributed by atoms with E-state index in [0.29, 0.717) is 16.9 Å². The van der Waals surface area contributed by atoms with Gasteiger partial charge in [-0.05, 0) is 43.7 Å². The Bertz CT molecular complexity index is 795. The van der Waals surface area contributed by atoms with Crippen molar-refractivity contribution in [3.63, 3.8) is 0 Å². The number of hydrogen-bond donors (Lipinski definition) is 1. The Labute approximate surface area is 139 Å². The van der Waals surface area contributed by atoms with E-state index in [9.17, 15) is 14.4 Å². The van der Waals surface area contributed by atoms with Gasteiger partial charge in [-0.25, -0.2) is 0 Å². The van der Waals surface area contributed by atoms with Crippen LogP contribution in [-0.2, 0) is 6.54 Å². The Morgan fingerprint density at radius 3 is 2.62 bits per heavy atom. The summed E-state index contributed by atoms with van der Waals surface area (Å²) in [7, 11) is 0. The lowest BCUT2D eigenvalue weighted by Gasteiger charge is -2.11. The summed E-state index contributed by atoms with van der Waals surface area (Å²) < 4.78 is 5.20. The van der Waals surface area contributed by atoms with Gasteiger partial charge in [0.2, 0.25) is 0 Å². The van der Waals surface area contributed by atoms with Crippen LogP contribution in [0.2, 0.25) is 0 Å². The Morgan fingerprint density at radius 2 is 1.96 bits per heavy atom. The SMILES string of the molecule is CCC(C)NC(=O)c1ccc2c(c1)C(=O)N(Cc1ccco1)C2=O. The van der Waals surface area contributed by atoms with Gasteiger partial charge in [0.05, 0.1) is 23.9 Å². The molecule has 1 aromatic heterocycles. The third kappa shape index (κ3) is 2.82. The molecule has 0 saturated carbocycles. The van der Waals surface area contributed by atoms with Crippen molar-refractivity contribution in [2.75, 3.05) is 0 Å². The first-order valence-corrected chi connectivity index (χ1v) is 7.84. The number of fused-ring (bicyclic) bond motifs is 1. The van der Waals surface area contributed by atoms with Gasteiger partial charge in [0.25, 0.3) is 17.7 Å². The van der Waals surface area contributed by atoms with Crippen LogP contribution in [-0.4, -0.2) is 28.7 Å². The molecule has 1 aliphatic heterocycles. The number of carbonyl (C=O) groups is 3. The quantitative estimate of drug-likeness (QED) is 0.857. The van der Waals surface area contributed by atoms with E-state index < -0.39 is 5.91 Å². The normalized spacial score (nSPS) is 14.7. The Morgan fingerprint density at radius 1 is 1.21 bits per heavy atom. The minimum absolute atomic E-state index is 0.0403. The lowest BCUT2D eigenvalue weighted by Crippen LogP contribution is -2.32. The lowest BCUT2D eigenvalue weighted by molar-refractivity contribution is 0.0631. The summed E-state index contributed by atoms with van der Waals surface area (Å²) in [6.45, 7) is 3.96. The molecule has 124 valence electrons. The largest absolute Gasteiger partial charge is 0.467 e. The number of imide groups is 1. The Balaban J connectivity index is 1.84. The van der Waals surface area contributed by atoms with Crippen LogP contribution in [0.4, 0.5) is 0 Å². The molecule has 2 heterocycles. The summed E-state index contributed by atoms with van der Waals surface area (Å²) in [5, 5.41) is 2.85. The number of hydrogen-bond acceptors (Lipinski definition) is 4. The molecule has 0 saturated heterocycles. The third-order valence-corrected chi connectivity index (χ3v) is 4.12. The molecule has 1 aromatic carbocycles. The maximum atomic E-state index is 12.5. The molecule has 24 heavy (non-hydrogen) atoms. The van der Waals surface area contributed by atoms with Crippen LogP contribution >= 0.6 is 0 Å². The van der Waals surface area contributed by atoms with Crippen molar-refractivity contribution >= 4 is 17.7 Å². The first-order valence-electron chi connectivity index (χ1n) is 7.84. The average Bonchev–Trinajstić information content (AvgIpc) is 3.17. The topological polar surface area (TPSA) is 79.6 Å². The Kier molecular flexibility index (Phi) is 4.20. The molecule has 0 spiro atoms. The van der Waals surface area contributed by atoms with Gasteiger partial charge in [0.1, 0.15) is 5.76 Å². The van der Waals surface area contributed by atoms with Crippen molar-refractivity contribution in [1.82, 2.24) is 10.2 Å². The highest BCUT2D eigenvalue weighted by molar-refractivity contribution is 6.22. The minimum atomic E-state index is -0.412. The van der Waals surface area contributed by atoms with Gasteiger partial charge in [-0.2, -0.15) is 0 Å². The molecular formula is C18H18N2O4. The summed E-state index contributed by atoms with van der Waals surface area (Å²) in [6, 6.07) is 8.02. The summed E-state index contributed by atoms with van der Waals surface area (Å²) in [5.74, 6) is -0.513. The van der Waals surface area contributed by atoms with Crippen LogP contribution in [0.25, 0.3) is 0 Å². The first kappa shape index (κ1) is 16.0. The smallest absolute Gasteiger partial charge is 0.261 e. The van der Waals surface area contributed by atoms with Crippen molar-refractivity contribution in [1.29, 1.82) is 0 Å². The van der Waals surface area contributed by atoms with E-state index in [-0.39, 0.29) is 30.0 Å². The number of furan rings is 1. The summed E-state index contributed by atoms with van der Waals surface area (Å²) >= 11 is 0. The summed E-state index contributed by atoms with van der Waals surface area (Å²) in [4.78, 5) is 38.2. The summed E-state index contributed by atoms with van der Waals surface area (Å²) in [5.41, 5.74) is 0.935. The van der Waals surface area contributed by atoms with Crippen LogP contribution in [0.3, 0.4) is 0 Å². The maximum absolute atomic E-state index is 12.5. The molecule has 0 bridgehead atoms. The Hall–Kier alpha value is -2.89. The van der Waals surface area contributed by atoms with E-state index in [1.165, 1.54) is 18.4 Å². The predicted octanol–water partition coefficient (Wildman–Crippen LogP) is 2.60. The molecule has 1 aliphatic rings. The first-order chi connectivity index (χ1) is 11.5. The second kappa shape index (κ2) is 6.31. The third-order valence-electron chi connectivity index (χ3n) is 4.12. The highest BCUT2D eigenvalue weighted by atomic mass is 16.3. The van der Waals surface area contributed by atoms with Crippen LogP contribution in [0.5, 0.6) is 0 Å². The van der Waals surface area contributed by atoms with E-state index in [4.69, 9.17) is 4.42 Å². The monoisotopic (exact) mass is 326 g/mol. The summed E-state index contributed by atoms with van der Waals surface area (Å²) in [6.07, 6.45) is 2.30. The van der Waals surface area contributed by atoms with Crippen LogP contribution in [0.1, 0.15) is 57.1 Å². The fraction of sp³-hybridized carbons (Fsp3) is 0.278. The minimum Gasteiger partial charge on any atom is -0.467 e. The molecule has 1 N–H and O–H groups in total. The van der Waals surface area contributed by atoms with Crippen molar-refractivity contribution in [3.8, 4) is 0 Å². The van der Waals surface area contributed by atoms with Gasteiger partial charge in [-0.1, -0.05) is 6.92 Å². The molecule has 6 heteroatoms. The fourth-order valence-corrected chi connectivity index (χ4v) is 2.54. The van der Waals surface area contributed by atoms with E-state index in [2.05, 4.69) is 5.32 Å². The standard InChI is InChI=1S/C18H18N2O4/c1-3-11(2)19-16(21)12-6-7-14-15(9-12)18(23)20(17(14)22)10-13-5-4-8-24-13/h4-9,11H,3,10H2,1-2H3,(H,19,21). The highest BCUT2D eigenvalue weighted by Crippen LogP contribution is 2.25. The molecule has 0 radical (unpaired) electrons. The number of amides is 3. The fourth-order valence-electron chi connectivity index (χ4n) is 2.54. The zero-order chi connectivity index (χ0) is 17.3.